The Morgan fingerprint density at radius 3 is 2.38 bits per heavy atom. The first-order valence-corrected chi connectivity index (χ1v) is 10.2. The molecule has 2 rings (SSSR count). The lowest BCUT2D eigenvalue weighted by molar-refractivity contribution is -0.134. The van der Waals surface area contributed by atoms with E-state index in [-0.39, 0.29) is 5.91 Å². The molecule has 21 heavy (non-hydrogen) atoms. The molecule has 122 valence electrons. The van der Waals surface area contributed by atoms with Gasteiger partial charge in [-0.2, -0.15) is 28.8 Å². The lowest BCUT2D eigenvalue weighted by atomic mass is 10.2. The number of hydrogen-bond donors (Lipinski definition) is 0. The van der Waals surface area contributed by atoms with E-state index < -0.39 is 16.3 Å². The Kier molecular flexibility index (Phi) is 5.93. The second-order valence-corrected chi connectivity index (χ2v) is 8.40. The highest BCUT2D eigenvalue weighted by Gasteiger charge is 2.42. The Morgan fingerprint density at radius 2 is 1.81 bits per heavy atom. The average molecular weight is 335 g/mol. The highest BCUT2D eigenvalue weighted by Crippen LogP contribution is 2.25. The maximum atomic E-state index is 12.7. The molecule has 0 spiro atoms. The molecule has 0 N–H and O–H groups in total. The van der Waals surface area contributed by atoms with Crippen LogP contribution in [0.5, 0.6) is 0 Å². The van der Waals surface area contributed by atoms with Crippen LogP contribution in [0.2, 0.25) is 0 Å². The molecule has 2 saturated heterocycles. The van der Waals surface area contributed by atoms with Crippen LogP contribution >= 0.6 is 11.8 Å². The van der Waals surface area contributed by atoms with Crippen molar-refractivity contribution in [3.8, 4) is 0 Å². The Balaban J connectivity index is 2.14. The van der Waals surface area contributed by atoms with E-state index in [1.165, 1.54) is 8.61 Å². The van der Waals surface area contributed by atoms with Gasteiger partial charge in [-0.15, -0.1) is 0 Å². The molecule has 6 nitrogen and oxygen atoms in total. The second-order valence-electron chi connectivity index (χ2n) is 5.30. The number of carbonyl (C=O) groups is 1. The van der Waals surface area contributed by atoms with Crippen molar-refractivity contribution in [2.24, 2.45) is 0 Å². The van der Waals surface area contributed by atoms with Crippen molar-refractivity contribution in [2.75, 3.05) is 44.2 Å². The van der Waals surface area contributed by atoms with Gasteiger partial charge in [0.1, 0.15) is 6.04 Å². The van der Waals surface area contributed by atoms with Gasteiger partial charge in [0, 0.05) is 44.2 Å². The molecule has 2 aliphatic heterocycles. The SMILES string of the molecule is CCN(CC)S(=O)(=O)N1CCCC1C(=O)N1CCSCC1. The maximum Gasteiger partial charge on any atom is 0.282 e. The fraction of sp³-hybridized carbons (Fsp3) is 0.923. The minimum absolute atomic E-state index is 0.0106. The number of thioether (sulfide) groups is 1. The van der Waals surface area contributed by atoms with Gasteiger partial charge in [-0.3, -0.25) is 4.79 Å². The predicted octanol–water partition coefficient (Wildman–Crippen LogP) is 0.613. The number of nitrogens with zero attached hydrogens (tertiary/aromatic N) is 3. The molecule has 2 heterocycles. The third-order valence-corrected chi connectivity index (χ3v) is 7.28. The molecule has 1 unspecified atom stereocenters. The van der Waals surface area contributed by atoms with Gasteiger partial charge in [0.15, 0.2) is 0 Å². The first-order valence-electron chi connectivity index (χ1n) is 7.65. The zero-order valence-electron chi connectivity index (χ0n) is 12.8. The summed E-state index contributed by atoms with van der Waals surface area (Å²) in [6, 6.07) is -0.501. The molecule has 8 heteroatoms. The average Bonchev–Trinajstić information content (AvgIpc) is 2.98. The van der Waals surface area contributed by atoms with Crippen LogP contribution in [0.1, 0.15) is 26.7 Å². The van der Waals surface area contributed by atoms with Gasteiger partial charge in [0.25, 0.3) is 10.2 Å². The molecule has 0 aliphatic carbocycles. The zero-order chi connectivity index (χ0) is 15.5. The molecular weight excluding hydrogens is 310 g/mol. The van der Waals surface area contributed by atoms with Gasteiger partial charge in [0.2, 0.25) is 5.91 Å². The fourth-order valence-electron chi connectivity index (χ4n) is 2.96. The van der Waals surface area contributed by atoms with E-state index in [1.807, 2.05) is 30.5 Å². The lowest BCUT2D eigenvalue weighted by Gasteiger charge is -2.33. The summed E-state index contributed by atoms with van der Waals surface area (Å²) in [5.41, 5.74) is 0. The number of hydrogen-bond acceptors (Lipinski definition) is 4. The van der Waals surface area contributed by atoms with Gasteiger partial charge < -0.3 is 4.90 Å². The van der Waals surface area contributed by atoms with Gasteiger partial charge in [-0.05, 0) is 12.8 Å². The minimum Gasteiger partial charge on any atom is -0.340 e. The summed E-state index contributed by atoms with van der Waals surface area (Å²) >= 11 is 1.84. The fourth-order valence-corrected chi connectivity index (χ4v) is 5.69. The quantitative estimate of drug-likeness (QED) is 0.739. The van der Waals surface area contributed by atoms with E-state index in [2.05, 4.69) is 0 Å². The van der Waals surface area contributed by atoms with Crippen molar-refractivity contribution in [1.29, 1.82) is 0 Å². The highest BCUT2D eigenvalue weighted by molar-refractivity contribution is 7.99. The van der Waals surface area contributed by atoms with Gasteiger partial charge in [-0.25, -0.2) is 0 Å². The standard InChI is InChI=1S/C13H25N3O3S2/c1-3-15(4-2)21(18,19)16-7-5-6-12(16)13(17)14-8-10-20-11-9-14/h12H,3-11H2,1-2H3. The summed E-state index contributed by atoms with van der Waals surface area (Å²) in [5, 5.41) is 0. The van der Waals surface area contributed by atoms with Gasteiger partial charge in [-0.1, -0.05) is 13.8 Å². The van der Waals surface area contributed by atoms with Gasteiger partial charge >= 0.3 is 0 Å². The van der Waals surface area contributed by atoms with Crippen LogP contribution in [0.4, 0.5) is 0 Å². The maximum absolute atomic E-state index is 12.7. The number of carbonyl (C=O) groups excluding carboxylic acids is 1. The Morgan fingerprint density at radius 1 is 1.19 bits per heavy atom. The monoisotopic (exact) mass is 335 g/mol. The number of amides is 1. The summed E-state index contributed by atoms with van der Waals surface area (Å²) < 4.78 is 28.2. The van der Waals surface area contributed by atoms with Crippen LogP contribution in [0, 0.1) is 0 Å². The molecule has 0 aromatic rings. The topological polar surface area (TPSA) is 60.9 Å². The van der Waals surface area contributed by atoms with Crippen molar-refractivity contribution in [1.82, 2.24) is 13.5 Å². The molecular formula is C13H25N3O3S2. The van der Waals surface area contributed by atoms with Crippen molar-refractivity contribution in [3.63, 3.8) is 0 Å². The number of rotatable bonds is 5. The van der Waals surface area contributed by atoms with E-state index in [4.69, 9.17) is 0 Å². The molecule has 0 aromatic heterocycles. The molecule has 0 radical (unpaired) electrons. The molecule has 2 fully saturated rings. The van der Waals surface area contributed by atoms with E-state index in [0.29, 0.717) is 26.1 Å². The summed E-state index contributed by atoms with van der Waals surface area (Å²) in [4.78, 5) is 14.5. The van der Waals surface area contributed by atoms with E-state index in [0.717, 1.165) is 31.0 Å². The molecule has 0 saturated carbocycles. The molecule has 0 bridgehead atoms. The van der Waals surface area contributed by atoms with Crippen molar-refractivity contribution >= 4 is 27.9 Å². The van der Waals surface area contributed by atoms with Crippen LogP contribution in [-0.2, 0) is 15.0 Å². The summed E-state index contributed by atoms with van der Waals surface area (Å²) in [5.74, 6) is 1.88. The second kappa shape index (κ2) is 7.30. The molecule has 2 aliphatic rings. The van der Waals surface area contributed by atoms with Crippen LogP contribution < -0.4 is 0 Å². The largest absolute Gasteiger partial charge is 0.340 e. The zero-order valence-corrected chi connectivity index (χ0v) is 14.5. The first-order chi connectivity index (χ1) is 10.0. The first kappa shape index (κ1) is 17.1. The molecule has 1 atom stereocenters. The van der Waals surface area contributed by atoms with Gasteiger partial charge in [0.05, 0.1) is 0 Å². The highest BCUT2D eigenvalue weighted by atomic mass is 32.2. The summed E-state index contributed by atoms with van der Waals surface area (Å²) in [7, 11) is -3.52. The summed E-state index contributed by atoms with van der Waals surface area (Å²) in [6.07, 6.45) is 1.41. The van der Waals surface area contributed by atoms with Crippen molar-refractivity contribution in [2.45, 2.75) is 32.7 Å². The molecule has 0 aromatic carbocycles. The van der Waals surface area contributed by atoms with E-state index in [9.17, 15) is 13.2 Å². The van der Waals surface area contributed by atoms with E-state index >= 15 is 0 Å². The van der Waals surface area contributed by atoms with E-state index in [1.54, 1.807) is 0 Å². The Labute approximate surface area is 132 Å². The summed E-state index contributed by atoms with van der Waals surface area (Å²) in [6.45, 7) is 6.47. The lowest BCUT2D eigenvalue weighted by Crippen LogP contribution is -2.53. The predicted molar refractivity (Wildman–Crippen MR) is 85.5 cm³/mol. The molecule has 1 amide bonds. The minimum atomic E-state index is -3.52. The van der Waals surface area contributed by atoms with Crippen molar-refractivity contribution in [3.05, 3.63) is 0 Å². The Bertz CT molecular complexity index is 459. The van der Waals surface area contributed by atoms with Crippen LogP contribution in [0.3, 0.4) is 0 Å². The van der Waals surface area contributed by atoms with Crippen LogP contribution in [-0.4, -0.2) is 78.1 Å². The van der Waals surface area contributed by atoms with Crippen molar-refractivity contribution < 1.29 is 13.2 Å². The Hall–Kier alpha value is -0.310. The van der Waals surface area contributed by atoms with Crippen LogP contribution in [0.25, 0.3) is 0 Å². The third kappa shape index (κ3) is 3.55. The normalized spacial score (nSPS) is 24.7. The smallest absolute Gasteiger partial charge is 0.282 e. The van der Waals surface area contributed by atoms with Crippen LogP contribution in [0.15, 0.2) is 0 Å². The third-order valence-electron chi connectivity index (χ3n) is 4.14.